The van der Waals surface area contributed by atoms with Gasteiger partial charge < -0.3 is 9.47 Å². The second kappa shape index (κ2) is 8.77. The monoisotopic (exact) mass is 513 g/mol. The molecule has 1 fully saturated rings. The Morgan fingerprint density at radius 1 is 0.892 bits per heavy atom. The van der Waals surface area contributed by atoms with Gasteiger partial charge in [-0.1, -0.05) is 66.7 Å². The molecular weight excluding hydrogens is 482 g/mol. The third-order valence-electron chi connectivity index (χ3n) is 8.23. The summed E-state index contributed by atoms with van der Waals surface area (Å²) in [5.74, 6) is 0.0570. The number of aromatic nitrogens is 1. The number of piperidine rings is 1. The number of benzene rings is 3. The van der Waals surface area contributed by atoms with Gasteiger partial charge in [-0.3, -0.25) is 9.10 Å². The van der Waals surface area contributed by atoms with Gasteiger partial charge in [-0.2, -0.15) is 0 Å². The minimum Gasteiger partial charge on any atom is -0.340 e. The number of hydrogen-bond acceptors (Lipinski definition) is 3. The summed E-state index contributed by atoms with van der Waals surface area (Å²) in [6.45, 7) is 4.40. The molecule has 0 bridgehead atoms. The Hall–Kier alpha value is -3.58. The molecule has 190 valence electrons. The highest BCUT2D eigenvalue weighted by Gasteiger charge is 2.47. The molecule has 0 atom stereocenters. The van der Waals surface area contributed by atoms with Crippen LogP contribution in [-0.4, -0.2) is 49.7 Å². The first-order valence-corrected chi connectivity index (χ1v) is 14.6. The number of anilines is 1. The van der Waals surface area contributed by atoms with Crippen molar-refractivity contribution < 1.29 is 13.2 Å². The average molecular weight is 514 g/mol. The number of rotatable bonds is 4. The molecule has 4 aromatic rings. The predicted octanol–water partition coefficient (Wildman–Crippen LogP) is 4.95. The van der Waals surface area contributed by atoms with Crippen LogP contribution in [0.15, 0.2) is 78.9 Å². The Bertz CT molecular complexity index is 1600. The van der Waals surface area contributed by atoms with Crippen LogP contribution < -0.4 is 4.31 Å². The summed E-state index contributed by atoms with van der Waals surface area (Å²) in [5, 5.41) is 0.982. The Kier molecular flexibility index (Phi) is 5.64. The van der Waals surface area contributed by atoms with Gasteiger partial charge in [-0.25, -0.2) is 8.42 Å². The number of hydrogen-bond donors (Lipinski definition) is 0. The van der Waals surface area contributed by atoms with E-state index in [-0.39, 0.29) is 11.3 Å². The van der Waals surface area contributed by atoms with E-state index in [9.17, 15) is 13.2 Å². The topological polar surface area (TPSA) is 62.6 Å². The molecule has 0 saturated carbocycles. The molecule has 7 heteroatoms. The summed E-state index contributed by atoms with van der Waals surface area (Å²) in [6.07, 6.45) is 2.75. The summed E-state index contributed by atoms with van der Waals surface area (Å²) in [4.78, 5) is 15.9. The molecule has 1 aromatic heterocycles. The van der Waals surface area contributed by atoms with Crippen LogP contribution >= 0.6 is 0 Å². The van der Waals surface area contributed by atoms with Gasteiger partial charge in [0.25, 0.3) is 5.91 Å². The van der Waals surface area contributed by atoms with E-state index in [0.717, 1.165) is 46.3 Å². The number of carbonyl (C=O) groups is 1. The largest absolute Gasteiger partial charge is 0.340 e. The third kappa shape index (κ3) is 3.93. The molecule has 1 amide bonds. The maximum atomic E-state index is 14.0. The number of fused-ring (bicyclic) bond motifs is 3. The standard InChI is InChI=1S/C30H31N3O3S/c1-22-28(24-12-6-8-14-26(24)32(22)20-23-10-4-3-5-11-23)29(34)31-18-16-30(17-19-31)21-33(37(2,35)36)27-15-9-7-13-25(27)30/h3-15H,16-21H2,1-2H3. The molecule has 3 heterocycles. The maximum absolute atomic E-state index is 14.0. The zero-order valence-corrected chi connectivity index (χ0v) is 22.0. The minimum atomic E-state index is -3.37. The van der Waals surface area contributed by atoms with Crippen molar-refractivity contribution in [1.82, 2.24) is 9.47 Å². The zero-order chi connectivity index (χ0) is 25.8. The second-order valence-electron chi connectivity index (χ2n) is 10.4. The first kappa shape index (κ1) is 23.8. The van der Waals surface area contributed by atoms with Crippen LogP contribution in [0.4, 0.5) is 5.69 Å². The van der Waals surface area contributed by atoms with Crippen LogP contribution in [0.2, 0.25) is 0 Å². The summed E-state index contributed by atoms with van der Waals surface area (Å²) >= 11 is 0. The molecule has 1 spiro atoms. The van der Waals surface area contributed by atoms with E-state index in [1.54, 1.807) is 4.31 Å². The van der Waals surface area contributed by atoms with Crippen molar-refractivity contribution in [3.05, 3.63) is 101 Å². The lowest BCUT2D eigenvalue weighted by molar-refractivity contribution is 0.0676. The molecule has 0 N–H and O–H groups in total. The van der Waals surface area contributed by atoms with E-state index >= 15 is 0 Å². The number of nitrogens with zero attached hydrogens (tertiary/aromatic N) is 3. The number of para-hydroxylation sites is 2. The Morgan fingerprint density at radius 3 is 2.27 bits per heavy atom. The summed E-state index contributed by atoms with van der Waals surface area (Å²) in [6, 6.07) is 26.3. The summed E-state index contributed by atoms with van der Waals surface area (Å²) in [7, 11) is -3.37. The highest BCUT2D eigenvalue weighted by Crippen LogP contribution is 2.48. The van der Waals surface area contributed by atoms with E-state index < -0.39 is 10.0 Å². The summed E-state index contributed by atoms with van der Waals surface area (Å²) < 4.78 is 28.8. The zero-order valence-electron chi connectivity index (χ0n) is 21.2. The fourth-order valence-electron chi connectivity index (χ4n) is 6.27. The molecule has 1 saturated heterocycles. The van der Waals surface area contributed by atoms with E-state index in [0.29, 0.717) is 26.2 Å². The van der Waals surface area contributed by atoms with Crippen LogP contribution in [0.5, 0.6) is 0 Å². The lowest BCUT2D eigenvalue weighted by Gasteiger charge is -2.40. The molecular formula is C30H31N3O3S. The van der Waals surface area contributed by atoms with E-state index in [1.165, 1.54) is 11.8 Å². The van der Waals surface area contributed by atoms with Crippen molar-refractivity contribution >= 4 is 32.5 Å². The molecule has 0 radical (unpaired) electrons. The molecule has 2 aliphatic heterocycles. The number of likely N-dealkylation sites (tertiary alicyclic amines) is 1. The van der Waals surface area contributed by atoms with Crippen molar-refractivity contribution in [2.24, 2.45) is 0 Å². The third-order valence-corrected chi connectivity index (χ3v) is 9.35. The second-order valence-corrected chi connectivity index (χ2v) is 12.3. The quantitative estimate of drug-likeness (QED) is 0.388. The van der Waals surface area contributed by atoms with Crippen LogP contribution in [0.1, 0.15) is 40.0 Å². The predicted molar refractivity (Wildman–Crippen MR) is 148 cm³/mol. The molecule has 3 aromatic carbocycles. The van der Waals surface area contributed by atoms with Crippen LogP contribution in [0, 0.1) is 6.92 Å². The number of sulfonamides is 1. The Balaban J connectivity index is 1.30. The summed E-state index contributed by atoms with van der Waals surface area (Å²) in [5.41, 5.74) is 5.62. The van der Waals surface area contributed by atoms with Gasteiger partial charge in [-0.05, 0) is 43.0 Å². The average Bonchev–Trinajstić information content (AvgIpc) is 3.37. The fourth-order valence-corrected chi connectivity index (χ4v) is 7.27. The van der Waals surface area contributed by atoms with Crippen molar-refractivity contribution in [2.75, 3.05) is 30.2 Å². The lowest BCUT2D eigenvalue weighted by Crippen LogP contribution is -2.47. The smallest absolute Gasteiger partial charge is 0.256 e. The van der Waals surface area contributed by atoms with Crippen molar-refractivity contribution in [3.8, 4) is 0 Å². The molecule has 6 nitrogen and oxygen atoms in total. The first-order chi connectivity index (χ1) is 17.8. The normalized spacial score (nSPS) is 16.9. The molecule has 6 rings (SSSR count). The molecule has 37 heavy (non-hydrogen) atoms. The molecule has 0 unspecified atom stereocenters. The van der Waals surface area contributed by atoms with E-state index in [2.05, 4.69) is 28.8 Å². The van der Waals surface area contributed by atoms with Crippen molar-refractivity contribution in [1.29, 1.82) is 0 Å². The fraction of sp³-hybridized carbons (Fsp3) is 0.300. The van der Waals surface area contributed by atoms with Gasteiger partial charge in [0, 0.05) is 48.2 Å². The SMILES string of the molecule is Cc1c(C(=O)N2CCC3(CC2)CN(S(C)(=O)=O)c2ccccc23)c2ccccc2n1Cc1ccccc1. The Morgan fingerprint density at radius 2 is 1.54 bits per heavy atom. The van der Waals surface area contributed by atoms with Gasteiger partial charge in [0.15, 0.2) is 0 Å². The first-order valence-electron chi connectivity index (χ1n) is 12.8. The molecule has 2 aliphatic rings. The lowest BCUT2D eigenvalue weighted by atomic mass is 9.74. The van der Waals surface area contributed by atoms with Gasteiger partial charge in [0.1, 0.15) is 0 Å². The minimum absolute atomic E-state index is 0.0570. The van der Waals surface area contributed by atoms with Crippen molar-refractivity contribution in [3.63, 3.8) is 0 Å². The Labute approximate surface area is 218 Å². The van der Waals surface area contributed by atoms with Crippen molar-refractivity contribution in [2.45, 2.75) is 31.7 Å². The van der Waals surface area contributed by atoms with Gasteiger partial charge >= 0.3 is 0 Å². The van der Waals surface area contributed by atoms with Gasteiger partial charge in [0.2, 0.25) is 10.0 Å². The van der Waals surface area contributed by atoms with E-state index in [1.807, 2.05) is 66.4 Å². The van der Waals surface area contributed by atoms with Gasteiger partial charge in [0.05, 0.1) is 17.5 Å². The van der Waals surface area contributed by atoms with Crippen LogP contribution in [0.3, 0.4) is 0 Å². The van der Waals surface area contributed by atoms with E-state index in [4.69, 9.17) is 0 Å². The van der Waals surface area contributed by atoms with Gasteiger partial charge in [-0.15, -0.1) is 0 Å². The maximum Gasteiger partial charge on any atom is 0.256 e. The highest BCUT2D eigenvalue weighted by atomic mass is 32.2. The number of carbonyl (C=O) groups excluding carboxylic acids is 1. The highest BCUT2D eigenvalue weighted by molar-refractivity contribution is 7.92. The van der Waals surface area contributed by atoms with Crippen LogP contribution in [-0.2, 0) is 22.0 Å². The van der Waals surface area contributed by atoms with Crippen LogP contribution in [0.25, 0.3) is 10.9 Å². The molecule has 0 aliphatic carbocycles. The number of amides is 1.